The molecule has 1 aromatic heterocycles. The van der Waals surface area contributed by atoms with Gasteiger partial charge in [-0.25, -0.2) is 0 Å². The van der Waals surface area contributed by atoms with Gasteiger partial charge in [0.25, 0.3) is 0 Å². The Balaban J connectivity index is 2.27. The van der Waals surface area contributed by atoms with Gasteiger partial charge in [-0.05, 0) is 31.6 Å². The molecule has 4 heteroatoms. The number of hydrogen-bond acceptors (Lipinski definition) is 3. The highest BCUT2D eigenvalue weighted by Crippen LogP contribution is 2.06. The van der Waals surface area contributed by atoms with Gasteiger partial charge >= 0.3 is 5.97 Å². The fourth-order valence-electron chi connectivity index (χ4n) is 1.43. The van der Waals surface area contributed by atoms with Gasteiger partial charge in [0, 0.05) is 6.42 Å². The van der Waals surface area contributed by atoms with Crippen LogP contribution in [0.1, 0.15) is 25.5 Å². The van der Waals surface area contributed by atoms with Gasteiger partial charge in [-0.1, -0.05) is 6.92 Å². The molecular formula is C11H17NO3. The topological polar surface area (TPSA) is 53.7 Å². The third-order valence-electron chi connectivity index (χ3n) is 2.27. The van der Waals surface area contributed by atoms with E-state index >= 15 is 0 Å². The summed E-state index contributed by atoms with van der Waals surface area (Å²) in [5.41, 5.74) is 0. The van der Waals surface area contributed by atoms with E-state index in [4.69, 9.17) is 9.52 Å². The molecule has 0 spiro atoms. The van der Waals surface area contributed by atoms with Crippen LogP contribution in [0.15, 0.2) is 22.8 Å². The Morgan fingerprint density at radius 1 is 1.60 bits per heavy atom. The minimum atomic E-state index is -0.732. The van der Waals surface area contributed by atoms with Crippen molar-refractivity contribution in [1.29, 1.82) is 0 Å². The van der Waals surface area contributed by atoms with Crippen LogP contribution in [0.5, 0.6) is 0 Å². The van der Waals surface area contributed by atoms with Crippen molar-refractivity contribution in [2.24, 2.45) is 0 Å². The molecule has 0 saturated heterocycles. The minimum Gasteiger partial charge on any atom is -0.481 e. The van der Waals surface area contributed by atoms with Crippen molar-refractivity contribution >= 4 is 5.97 Å². The first-order valence-corrected chi connectivity index (χ1v) is 5.19. The predicted octanol–water partition coefficient (Wildman–Crippen LogP) is 1.97. The van der Waals surface area contributed by atoms with Crippen molar-refractivity contribution in [3.05, 3.63) is 24.2 Å². The molecule has 1 heterocycles. The van der Waals surface area contributed by atoms with Gasteiger partial charge < -0.3 is 9.52 Å². The summed E-state index contributed by atoms with van der Waals surface area (Å²) in [5.74, 6) is 0.191. The number of furan rings is 1. The molecule has 0 bridgehead atoms. The zero-order valence-electron chi connectivity index (χ0n) is 8.98. The third-order valence-corrected chi connectivity index (χ3v) is 2.27. The highest BCUT2D eigenvalue weighted by Gasteiger charge is 2.06. The molecule has 0 unspecified atom stereocenters. The quantitative estimate of drug-likeness (QED) is 0.749. The van der Waals surface area contributed by atoms with Crippen molar-refractivity contribution in [2.75, 3.05) is 13.1 Å². The molecule has 0 radical (unpaired) electrons. The molecule has 0 aliphatic heterocycles. The summed E-state index contributed by atoms with van der Waals surface area (Å²) < 4.78 is 5.24. The van der Waals surface area contributed by atoms with Crippen molar-refractivity contribution in [2.45, 2.75) is 26.3 Å². The maximum atomic E-state index is 10.3. The molecule has 0 saturated carbocycles. The van der Waals surface area contributed by atoms with Gasteiger partial charge in [0.15, 0.2) is 0 Å². The fourth-order valence-corrected chi connectivity index (χ4v) is 1.43. The second-order valence-electron chi connectivity index (χ2n) is 3.45. The van der Waals surface area contributed by atoms with Gasteiger partial charge in [-0.15, -0.1) is 0 Å². The number of hydrogen-bond donors (Lipinski definition) is 1. The van der Waals surface area contributed by atoms with E-state index in [1.165, 1.54) is 0 Å². The van der Waals surface area contributed by atoms with E-state index in [2.05, 4.69) is 11.8 Å². The van der Waals surface area contributed by atoms with Crippen molar-refractivity contribution in [3.63, 3.8) is 0 Å². The van der Waals surface area contributed by atoms with Crippen molar-refractivity contribution in [3.8, 4) is 0 Å². The number of carboxylic acid groups (broad SMARTS) is 1. The zero-order valence-corrected chi connectivity index (χ0v) is 8.98. The molecule has 0 atom stereocenters. The van der Waals surface area contributed by atoms with E-state index in [0.717, 1.165) is 25.4 Å². The first-order valence-electron chi connectivity index (χ1n) is 5.19. The Morgan fingerprint density at radius 3 is 2.93 bits per heavy atom. The second-order valence-corrected chi connectivity index (χ2v) is 3.45. The van der Waals surface area contributed by atoms with Crippen LogP contribution in [0.2, 0.25) is 0 Å². The first kappa shape index (κ1) is 11.8. The van der Waals surface area contributed by atoms with Crippen LogP contribution in [0, 0.1) is 0 Å². The van der Waals surface area contributed by atoms with Crippen LogP contribution in [0.3, 0.4) is 0 Å². The maximum absolute atomic E-state index is 10.3. The van der Waals surface area contributed by atoms with Crippen molar-refractivity contribution < 1.29 is 14.3 Å². The summed E-state index contributed by atoms with van der Waals surface area (Å²) in [6.07, 6.45) is 2.57. The largest absolute Gasteiger partial charge is 0.481 e. The van der Waals surface area contributed by atoms with Gasteiger partial charge in [0.2, 0.25) is 0 Å². The molecule has 15 heavy (non-hydrogen) atoms. The fraction of sp³-hybridized carbons (Fsp3) is 0.545. The lowest BCUT2D eigenvalue weighted by Gasteiger charge is -2.18. The standard InChI is InChI=1S/C11H17NO3/c1-2-12(7-3-6-11(13)14)9-10-5-4-8-15-10/h4-5,8H,2-3,6-7,9H2,1H3,(H,13,14). The summed E-state index contributed by atoms with van der Waals surface area (Å²) in [5, 5.41) is 8.52. The van der Waals surface area contributed by atoms with Crippen LogP contribution >= 0.6 is 0 Å². The number of aliphatic carboxylic acids is 1. The second kappa shape index (κ2) is 6.24. The average Bonchev–Trinajstić information content (AvgIpc) is 2.68. The molecular weight excluding hydrogens is 194 g/mol. The van der Waals surface area contributed by atoms with Gasteiger partial charge in [0.05, 0.1) is 12.8 Å². The minimum absolute atomic E-state index is 0.231. The Labute approximate surface area is 89.5 Å². The predicted molar refractivity (Wildman–Crippen MR) is 56.5 cm³/mol. The Kier molecular flexibility index (Phi) is 4.90. The Morgan fingerprint density at radius 2 is 2.40 bits per heavy atom. The van der Waals surface area contributed by atoms with Crippen molar-refractivity contribution in [1.82, 2.24) is 4.90 Å². The van der Waals surface area contributed by atoms with Crippen LogP contribution in [0.25, 0.3) is 0 Å². The number of carboxylic acids is 1. The molecule has 1 rings (SSSR count). The van der Waals surface area contributed by atoms with Crippen LogP contribution in [-0.4, -0.2) is 29.1 Å². The molecule has 84 valence electrons. The molecule has 0 aliphatic rings. The summed E-state index contributed by atoms with van der Waals surface area (Å²) in [7, 11) is 0. The number of carbonyl (C=O) groups is 1. The van der Waals surface area contributed by atoms with E-state index in [1.807, 2.05) is 12.1 Å². The van der Waals surface area contributed by atoms with Crippen LogP contribution < -0.4 is 0 Å². The monoisotopic (exact) mass is 211 g/mol. The zero-order chi connectivity index (χ0) is 11.1. The SMILES string of the molecule is CCN(CCCC(=O)O)Cc1ccco1. The summed E-state index contributed by atoms with van der Waals surface area (Å²) >= 11 is 0. The van der Waals surface area contributed by atoms with Gasteiger partial charge in [-0.2, -0.15) is 0 Å². The van der Waals surface area contributed by atoms with E-state index in [1.54, 1.807) is 6.26 Å². The van der Waals surface area contributed by atoms with E-state index in [-0.39, 0.29) is 6.42 Å². The lowest BCUT2D eigenvalue weighted by atomic mass is 10.3. The Hall–Kier alpha value is -1.29. The molecule has 0 aromatic carbocycles. The molecule has 4 nitrogen and oxygen atoms in total. The normalized spacial score (nSPS) is 10.8. The third kappa shape index (κ3) is 4.65. The molecule has 0 amide bonds. The Bertz CT molecular complexity index is 282. The smallest absolute Gasteiger partial charge is 0.303 e. The van der Waals surface area contributed by atoms with E-state index in [9.17, 15) is 4.79 Å². The summed E-state index contributed by atoms with van der Waals surface area (Å²) in [4.78, 5) is 12.5. The lowest BCUT2D eigenvalue weighted by molar-refractivity contribution is -0.137. The molecule has 1 N–H and O–H groups in total. The highest BCUT2D eigenvalue weighted by molar-refractivity contribution is 5.66. The maximum Gasteiger partial charge on any atom is 0.303 e. The van der Waals surface area contributed by atoms with Crippen LogP contribution in [-0.2, 0) is 11.3 Å². The highest BCUT2D eigenvalue weighted by atomic mass is 16.4. The molecule has 0 aliphatic carbocycles. The van der Waals surface area contributed by atoms with E-state index in [0.29, 0.717) is 6.42 Å². The first-order chi connectivity index (χ1) is 7.22. The van der Waals surface area contributed by atoms with E-state index < -0.39 is 5.97 Å². The number of rotatable bonds is 7. The average molecular weight is 211 g/mol. The van der Waals surface area contributed by atoms with Gasteiger partial charge in [0.1, 0.15) is 5.76 Å². The molecule has 0 fully saturated rings. The summed E-state index contributed by atoms with van der Waals surface area (Å²) in [6.45, 7) is 4.51. The van der Waals surface area contributed by atoms with Crippen LogP contribution in [0.4, 0.5) is 0 Å². The van der Waals surface area contributed by atoms with Gasteiger partial charge in [-0.3, -0.25) is 9.69 Å². The lowest BCUT2D eigenvalue weighted by Crippen LogP contribution is -2.24. The molecule has 1 aromatic rings. The number of nitrogens with zero attached hydrogens (tertiary/aromatic N) is 1. The summed E-state index contributed by atoms with van der Waals surface area (Å²) in [6, 6.07) is 3.79.